The summed E-state index contributed by atoms with van der Waals surface area (Å²) in [5.41, 5.74) is 2.34. The van der Waals surface area contributed by atoms with Crippen LogP contribution in [0.25, 0.3) is 11.5 Å². The number of nitrogens with one attached hydrogen (secondary N) is 2. The molecule has 3 rings (SSSR count). The molecule has 0 aliphatic rings. The zero-order valence-corrected chi connectivity index (χ0v) is 17.5. The lowest BCUT2D eigenvalue weighted by Gasteiger charge is -2.08. The van der Waals surface area contributed by atoms with Crippen LogP contribution in [0.4, 0.5) is 10.1 Å². The second-order valence-corrected chi connectivity index (χ2v) is 7.27. The molecule has 1 heterocycles. The number of rotatable bonds is 6. The Hall–Kier alpha value is -3.00. The van der Waals surface area contributed by atoms with Crippen molar-refractivity contribution in [3.05, 3.63) is 69.8 Å². The molecule has 2 N–H and O–H groups in total. The van der Waals surface area contributed by atoms with Crippen molar-refractivity contribution in [2.24, 2.45) is 0 Å². The van der Waals surface area contributed by atoms with E-state index in [2.05, 4.69) is 31.5 Å². The number of halogens is 2. The van der Waals surface area contributed by atoms with Gasteiger partial charge in [-0.25, -0.2) is 9.37 Å². The van der Waals surface area contributed by atoms with E-state index < -0.39 is 11.7 Å². The van der Waals surface area contributed by atoms with Gasteiger partial charge in [-0.3, -0.25) is 9.59 Å². The van der Waals surface area contributed by atoms with E-state index in [9.17, 15) is 14.0 Å². The van der Waals surface area contributed by atoms with Gasteiger partial charge in [0.2, 0.25) is 11.8 Å². The smallest absolute Gasteiger partial charge is 0.252 e. The maximum Gasteiger partial charge on any atom is 0.252 e. The van der Waals surface area contributed by atoms with Gasteiger partial charge >= 0.3 is 0 Å². The van der Waals surface area contributed by atoms with E-state index in [1.807, 2.05) is 19.9 Å². The van der Waals surface area contributed by atoms with E-state index in [0.29, 0.717) is 16.1 Å². The van der Waals surface area contributed by atoms with Crippen LogP contribution in [0.15, 0.2) is 51.4 Å². The number of amides is 2. The minimum absolute atomic E-state index is 0.0696. The van der Waals surface area contributed by atoms with Gasteiger partial charge in [0.1, 0.15) is 11.6 Å². The Morgan fingerprint density at radius 1 is 1.17 bits per heavy atom. The summed E-state index contributed by atoms with van der Waals surface area (Å²) in [7, 11) is 0. The summed E-state index contributed by atoms with van der Waals surface area (Å²) in [6.45, 7) is 3.82. The average Bonchev–Trinajstić information content (AvgIpc) is 3.02. The van der Waals surface area contributed by atoms with Gasteiger partial charge in [-0.15, -0.1) is 0 Å². The van der Waals surface area contributed by atoms with Gasteiger partial charge < -0.3 is 15.1 Å². The SMILES string of the molecule is Cc1nc(-c2cccc(NC(=O)CCNC(=O)c3cc(F)ccc3Br)c2)oc1C. The Bertz CT molecular complexity index is 1050. The first-order valence-electron chi connectivity index (χ1n) is 8.91. The van der Waals surface area contributed by atoms with E-state index in [1.54, 1.807) is 18.2 Å². The summed E-state index contributed by atoms with van der Waals surface area (Å²) in [5.74, 6) is 0.00730. The molecule has 2 aromatic carbocycles. The summed E-state index contributed by atoms with van der Waals surface area (Å²) in [6.07, 6.45) is 0.0696. The Morgan fingerprint density at radius 3 is 2.69 bits per heavy atom. The van der Waals surface area contributed by atoms with Gasteiger partial charge in [-0.1, -0.05) is 6.07 Å². The number of carbonyl (C=O) groups excluding carboxylic acids is 2. The van der Waals surface area contributed by atoms with Crippen molar-refractivity contribution in [1.29, 1.82) is 0 Å². The van der Waals surface area contributed by atoms with Crippen LogP contribution in [0.5, 0.6) is 0 Å². The van der Waals surface area contributed by atoms with E-state index in [-0.39, 0.29) is 24.4 Å². The van der Waals surface area contributed by atoms with Gasteiger partial charge in [0, 0.05) is 28.7 Å². The number of nitrogens with zero attached hydrogens (tertiary/aromatic N) is 1. The van der Waals surface area contributed by atoms with Crippen LogP contribution in [0.3, 0.4) is 0 Å². The Kier molecular flexibility index (Phi) is 6.43. The third-order valence-corrected chi connectivity index (χ3v) is 4.92. The van der Waals surface area contributed by atoms with Crippen molar-refractivity contribution >= 4 is 33.4 Å². The molecule has 0 aliphatic carbocycles. The fourth-order valence-electron chi connectivity index (χ4n) is 2.61. The summed E-state index contributed by atoms with van der Waals surface area (Å²) in [6, 6.07) is 11.0. The number of aromatic nitrogens is 1. The van der Waals surface area contributed by atoms with E-state index in [1.165, 1.54) is 12.1 Å². The van der Waals surface area contributed by atoms with Gasteiger partial charge in [0.25, 0.3) is 5.91 Å². The first kappa shape index (κ1) is 20.7. The number of aryl methyl sites for hydroxylation is 2. The third-order valence-electron chi connectivity index (χ3n) is 4.23. The molecule has 0 spiro atoms. The summed E-state index contributed by atoms with van der Waals surface area (Å²) >= 11 is 3.21. The van der Waals surface area contributed by atoms with Crippen molar-refractivity contribution < 1.29 is 18.4 Å². The highest BCUT2D eigenvalue weighted by Crippen LogP contribution is 2.24. The van der Waals surface area contributed by atoms with Gasteiger partial charge in [0.05, 0.1) is 11.3 Å². The molecule has 0 saturated carbocycles. The Labute approximate surface area is 175 Å². The predicted octanol–water partition coefficient (Wildman–Crippen LogP) is 4.62. The molecule has 0 saturated heterocycles. The van der Waals surface area contributed by atoms with Crippen LogP contribution in [-0.4, -0.2) is 23.3 Å². The molecule has 0 atom stereocenters. The van der Waals surface area contributed by atoms with Gasteiger partial charge in [-0.2, -0.15) is 0 Å². The number of benzene rings is 2. The second-order valence-electron chi connectivity index (χ2n) is 6.42. The lowest BCUT2D eigenvalue weighted by Crippen LogP contribution is -2.28. The molecule has 1 aromatic heterocycles. The first-order valence-corrected chi connectivity index (χ1v) is 9.70. The molecular formula is C21H19BrFN3O3. The largest absolute Gasteiger partial charge is 0.441 e. The van der Waals surface area contributed by atoms with Crippen LogP contribution in [-0.2, 0) is 4.79 Å². The first-order chi connectivity index (χ1) is 13.8. The molecule has 150 valence electrons. The maximum absolute atomic E-state index is 13.3. The highest BCUT2D eigenvalue weighted by atomic mass is 79.9. The van der Waals surface area contributed by atoms with Crippen LogP contribution in [0.2, 0.25) is 0 Å². The Morgan fingerprint density at radius 2 is 1.97 bits per heavy atom. The van der Waals surface area contributed by atoms with Crippen molar-refractivity contribution in [3.63, 3.8) is 0 Å². The number of anilines is 1. The number of carbonyl (C=O) groups is 2. The highest BCUT2D eigenvalue weighted by Gasteiger charge is 2.12. The van der Waals surface area contributed by atoms with Crippen LogP contribution >= 0.6 is 15.9 Å². The Balaban J connectivity index is 1.55. The fourth-order valence-corrected chi connectivity index (χ4v) is 3.03. The van der Waals surface area contributed by atoms with Gasteiger partial charge in [-0.05, 0) is 66.2 Å². The topological polar surface area (TPSA) is 84.2 Å². The van der Waals surface area contributed by atoms with Gasteiger partial charge in [0.15, 0.2) is 0 Å². The maximum atomic E-state index is 13.3. The highest BCUT2D eigenvalue weighted by molar-refractivity contribution is 9.10. The van der Waals surface area contributed by atoms with Crippen LogP contribution in [0.1, 0.15) is 28.2 Å². The molecular weight excluding hydrogens is 441 g/mol. The molecule has 2 amide bonds. The zero-order valence-electron chi connectivity index (χ0n) is 15.9. The monoisotopic (exact) mass is 459 g/mol. The lowest BCUT2D eigenvalue weighted by atomic mass is 10.2. The molecule has 0 bridgehead atoms. The molecule has 0 radical (unpaired) electrons. The molecule has 0 unspecified atom stereocenters. The molecule has 0 fully saturated rings. The third kappa shape index (κ3) is 5.29. The molecule has 3 aromatic rings. The fraction of sp³-hybridized carbons (Fsp3) is 0.190. The molecule has 8 heteroatoms. The van der Waals surface area contributed by atoms with Crippen molar-refractivity contribution in [1.82, 2.24) is 10.3 Å². The van der Waals surface area contributed by atoms with E-state index in [0.717, 1.165) is 23.1 Å². The summed E-state index contributed by atoms with van der Waals surface area (Å²) < 4.78 is 19.4. The van der Waals surface area contributed by atoms with E-state index >= 15 is 0 Å². The van der Waals surface area contributed by atoms with Crippen LogP contribution in [0, 0.1) is 19.7 Å². The number of hydrogen-bond acceptors (Lipinski definition) is 4. The second kappa shape index (κ2) is 9.00. The molecule has 6 nitrogen and oxygen atoms in total. The molecule has 0 aliphatic heterocycles. The minimum Gasteiger partial charge on any atom is -0.441 e. The summed E-state index contributed by atoms with van der Waals surface area (Å²) in [4.78, 5) is 28.7. The minimum atomic E-state index is -0.507. The standard InChI is InChI=1S/C21H19BrFN3O3/c1-12-13(2)29-21(25-12)14-4-3-5-16(10-14)26-19(27)8-9-24-20(28)17-11-15(23)6-7-18(17)22/h3-7,10-11H,8-9H2,1-2H3,(H,24,28)(H,26,27). The number of oxazole rings is 1. The molecule has 29 heavy (non-hydrogen) atoms. The normalized spacial score (nSPS) is 10.6. The zero-order chi connectivity index (χ0) is 21.0. The average molecular weight is 460 g/mol. The number of hydrogen-bond donors (Lipinski definition) is 2. The van der Waals surface area contributed by atoms with Crippen molar-refractivity contribution in [2.75, 3.05) is 11.9 Å². The van der Waals surface area contributed by atoms with E-state index in [4.69, 9.17) is 4.42 Å². The van der Waals surface area contributed by atoms with Crippen molar-refractivity contribution in [3.8, 4) is 11.5 Å². The van der Waals surface area contributed by atoms with Crippen molar-refractivity contribution in [2.45, 2.75) is 20.3 Å². The quantitative estimate of drug-likeness (QED) is 0.563. The predicted molar refractivity (Wildman–Crippen MR) is 111 cm³/mol. The lowest BCUT2D eigenvalue weighted by molar-refractivity contribution is -0.116. The summed E-state index contributed by atoms with van der Waals surface area (Å²) in [5, 5.41) is 5.39. The van der Waals surface area contributed by atoms with Crippen LogP contribution < -0.4 is 10.6 Å².